The summed E-state index contributed by atoms with van der Waals surface area (Å²) in [4.78, 5) is 0. The van der Waals surface area contributed by atoms with Crippen molar-refractivity contribution in [1.29, 1.82) is 0 Å². The van der Waals surface area contributed by atoms with Crippen LogP contribution >= 0.6 is 30.6 Å². The van der Waals surface area contributed by atoms with Gasteiger partial charge in [-0.15, -0.1) is 0 Å². The summed E-state index contributed by atoms with van der Waals surface area (Å²) in [6.45, 7) is 7.80. The van der Waals surface area contributed by atoms with E-state index >= 15 is 0 Å². The molecule has 0 nitrogen and oxygen atoms in total. The standard InChI is InChI=1S/2C15H27P.C5H10.2ClH.Ru/c2*1-2-8-13(7-1)16(14-9-3-4-10-14)15-11-5-6-12-15;1-4-5(2)3;;;/h2*13-15H,1-12H2;5H,1-3H3;2*1H;. The molecule has 0 amide bonds. The molecule has 0 N–H and O–H groups in total. The van der Waals surface area contributed by atoms with Gasteiger partial charge in [0.05, 0.1) is 0 Å². The second-order valence-electron chi connectivity index (χ2n) is 15.9. The van der Waals surface area contributed by atoms with Crippen molar-refractivity contribution in [3.63, 3.8) is 0 Å². The van der Waals surface area contributed by atoms with E-state index in [0.29, 0.717) is 5.92 Å². The normalized spacial score (nSPS) is 29.7. The van der Waals surface area contributed by atoms with Crippen LogP contribution in [0.4, 0.5) is 0 Å². The summed E-state index contributed by atoms with van der Waals surface area (Å²) >= 11 is 0. The van der Waals surface area contributed by atoms with Gasteiger partial charge in [-0.3, -0.25) is 0 Å². The maximum atomic E-state index is 9.70. The van der Waals surface area contributed by atoms with E-state index in [4.69, 9.17) is 0 Å². The molecule has 0 saturated heterocycles. The fourth-order valence-electron chi connectivity index (χ4n) is 12.8. The van der Waals surface area contributed by atoms with Crippen molar-refractivity contribution < 1.29 is 10.2 Å². The summed E-state index contributed by atoms with van der Waals surface area (Å²) in [6.07, 6.45) is 36.0. The molecule has 238 valence electrons. The van der Waals surface area contributed by atoms with Crippen molar-refractivity contribution in [3.05, 3.63) is 0 Å². The maximum absolute atomic E-state index is 9.70. The van der Waals surface area contributed by atoms with Gasteiger partial charge in [0.25, 0.3) is 0 Å². The average molecular weight is 721 g/mol. The van der Waals surface area contributed by atoms with Crippen molar-refractivity contribution in [2.45, 2.75) is 209 Å². The Kier molecular flexibility index (Phi) is 10.1. The minimum absolute atomic E-state index is 0.576. The predicted molar refractivity (Wildman–Crippen MR) is 187 cm³/mol. The SMILES string of the molecule is C[C](C(C)C)=[Ru]([Cl])([Cl])([PH](C1CCCC1)(C1CCCC1)C1CCCC1)[PH](C1CCCC1)(C1CCCC1)C1CCCC1. The van der Waals surface area contributed by atoms with Crippen LogP contribution in [0.3, 0.4) is 0 Å². The zero-order valence-electron chi connectivity index (χ0n) is 26.6. The molecule has 0 heterocycles. The Hall–Kier alpha value is 1.93. The van der Waals surface area contributed by atoms with E-state index in [0.717, 1.165) is 34.0 Å². The van der Waals surface area contributed by atoms with Crippen LogP contribution in [0.2, 0.25) is 0 Å². The summed E-state index contributed by atoms with van der Waals surface area (Å²) in [6, 6.07) is 0. The van der Waals surface area contributed by atoms with Gasteiger partial charge in [-0.05, 0) is 0 Å². The molecule has 6 fully saturated rings. The van der Waals surface area contributed by atoms with Crippen LogP contribution in [0.25, 0.3) is 0 Å². The molecule has 0 radical (unpaired) electrons. The molecule has 0 aliphatic heterocycles. The first kappa shape index (κ1) is 31.9. The van der Waals surface area contributed by atoms with Crippen LogP contribution in [-0.2, 0) is 10.2 Å². The van der Waals surface area contributed by atoms with Crippen LogP contribution in [0, 0.1) is 5.92 Å². The Labute approximate surface area is 258 Å². The van der Waals surface area contributed by atoms with Crippen molar-refractivity contribution in [1.82, 2.24) is 0 Å². The number of hydrogen-bond donors (Lipinski definition) is 0. The van der Waals surface area contributed by atoms with Crippen molar-refractivity contribution >= 4 is 34.7 Å². The van der Waals surface area contributed by atoms with Crippen molar-refractivity contribution in [2.24, 2.45) is 5.92 Å². The van der Waals surface area contributed by atoms with Gasteiger partial charge >= 0.3 is 260 Å². The van der Waals surface area contributed by atoms with E-state index in [1.54, 1.807) is 0 Å². The summed E-state index contributed by atoms with van der Waals surface area (Å²) < 4.78 is 1.83. The van der Waals surface area contributed by atoms with Gasteiger partial charge in [-0.25, -0.2) is 0 Å². The fraction of sp³-hybridized carbons (Fsp3) is 0.971. The van der Waals surface area contributed by atoms with Crippen LogP contribution < -0.4 is 0 Å². The summed E-state index contributed by atoms with van der Waals surface area (Å²) in [5, 5.41) is 0. The molecule has 0 spiro atoms. The second kappa shape index (κ2) is 12.6. The van der Waals surface area contributed by atoms with Gasteiger partial charge < -0.3 is 0 Å². The topological polar surface area (TPSA) is 0 Å². The zero-order chi connectivity index (χ0) is 28.0. The molecule has 40 heavy (non-hydrogen) atoms. The molecular weight excluding hydrogens is 654 g/mol. The summed E-state index contributed by atoms with van der Waals surface area (Å²) in [5.41, 5.74) is 1.56. The first-order valence-corrected chi connectivity index (χ1v) is 33.1. The second-order valence-corrected chi connectivity index (χ2v) is 60.9. The van der Waals surface area contributed by atoms with Gasteiger partial charge in [-0.1, -0.05) is 0 Å². The fourth-order valence-corrected chi connectivity index (χ4v) is 126. The zero-order valence-corrected chi connectivity index (χ0v) is 31.9. The molecule has 0 aromatic rings. The van der Waals surface area contributed by atoms with Crippen molar-refractivity contribution in [2.75, 3.05) is 0 Å². The first-order chi connectivity index (χ1) is 19.3. The summed E-state index contributed by atoms with van der Waals surface area (Å²) in [7, 11) is 15.3. The minimum atomic E-state index is -4.12. The predicted octanol–water partition coefficient (Wildman–Crippen LogP) is 12.8. The Bertz CT molecular complexity index is 789. The number of hydrogen-bond acceptors (Lipinski definition) is 0. The molecule has 5 heteroatoms. The van der Waals surface area contributed by atoms with Gasteiger partial charge in [0.1, 0.15) is 0 Å². The average Bonchev–Trinajstić information content (AvgIpc) is 3.80. The first-order valence-electron chi connectivity index (χ1n) is 18.4. The quantitative estimate of drug-likeness (QED) is 0.164. The Balaban J connectivity index is 1.77. The Morgan fingerprint density at radius 2 is 0.625 bits per heavy atom. The van der Waals surface area contributed by atoms with E-state index in [2.05, 4.69) is 20.8 Å². The van der Waals surface area contributed by atoms with Crippen molar-refractivity contribution in [3.8, 4) is 0 Å². The van der Waals surface area contributed by atoms with Gasteiger partial charge in [0, 0.05) is 0 Å². The Morgan fingerprint density at radius 1 is 0.450 bits per heavy atom. The van der Waals surface area contributed by atoms with Crippen LogP contribution in [0.1, 0.15) is 175 Å². The van der Waals surface area contributed by atoms with E-state index in [1.807, 2.05) is 4.11 Å². The number of rotatable bonds is 9. The van der Waals surface area contributed by atoms with Crippen LogP contribution in [-0.4, -0.2) is 38.1 Å². The third kappa shape index (κ3) is 4.50. The van der Waals surface area contributed by atoms with E-state index in [1.165, 1.54) is 154 Å². The monoisotopic (exact) mass is 720 g/mol. The number of halogens is 2. The molecule has 6 rings (SSSR count). The van der Waals surface area contributed by atoms with Crippen LogP contribution in [0.15, 0.2) is 0 Å². The molecule has 6 saturated carbocycles. The van der Waals surface area contributed by atoms with E-state index in [-0.39, 0.29) is 0 Å². The molecule has 0 aromatic heterocycles. The molecular formula is C35H66Cl2P2Ru. The van der Waals surface area contributed by atoms with Gasteiger partial charge in [0.15, 0.2) is 0 Å². The van der Waals surface area contributed by atoms with Gasteiger partial charge in [0.2, 0.25) is 0 Å². The van der Waals surface area contributed by atoms with Crippen LogP contribution in [0.5, 0.6) is 0 Å². The Morgan fingerprint density at radius 3 is 0.775 bits per heavy atom. The third-order valence-corrected chi connectivity index (χ3v) is 92.3. The third-order valence-electron chi connectivity index (χ3n) is 14.2. The molecule has 6 aliphatic rings. The molecule has 0 bridgehead atoms. The van der Waals surface area contributed by atoms with E-state index < -0.39 is 21.4 Å². The van der Waals surface area contributed by atoms with Gasteiger partial charge in [-0.2, -0.15) is 0 Å². The summed E-state index contributed by atoms with van der Waals surface area (Å²) in [5.74, 6) is 0.576. The molecule has 6 aliphatic carbocycles. The molecule has 0 atom stereocenters. The molecule has 0 unspecified atom stereocenters. The molecule has 0 aromatic carbocycles. The van der Waals surface area contributed by atoms with E-state index in [9.17, 15) is 19.4 Å².